The van der Waals surface area contributed by atoms with Crippen LogP contribution in [0.1, 0.15) is 0 Å². The van der Waals surface area contributed by atoms with Gasteiger partial charge in [0.15, 0.2) is 0 Å². The van der Waals surface area contributed by atoms with Gasteiger partial charge in [0.25, 0.3) is 0 Å². The van der Waals surface area contributed by atoms with E-state index in [-0.39, 0.29) is 5.82 Å². The SMILES string of the molecule is Fc1ccccc1N1CCN(c2nc(Nc3ccccc3)c3ccccc3n2)CC1. The first-order valence-corrected chi connectivity index (χ1v) is 10.1. The first-order chi connectivity index (χ1) is 14.8. The first-order valence-electron chi connectivity index (χ1n) is 10.1. The lowest BCUT2D eigenvalue weighted by Gasteiger charge is -2.36. The Hall–Kier alpha value is -3.67. The zero-order valence-electron chi connectivity index (χ0n) is 16.5. The molecule has 4 aromatic rings. The van der Waals surface area contributed by atoms with Crippen molar-refractivity contribution in [2.45, 2.75) is 0 Å². The van der Waals surface area contributed by atoms with Crippen LogP contribution in [0.15, 0.2) is 78.9 Å². The smallest absolute Gasteiger partial charge is 0.228 e. The van der Waals surface area contributed by atoms with Crippen molar-refractivity contribution in [3.05, 3.63) is 84.7 Å². The van der Waals surface area contributed by atoms with Gasteiger partial charge in [0.2, 0.25) is 5.95 Å². The summed E-state index contributed by atoms with van der Waals surface area (Å²) in [7, 11) is 0. The fourth-order valence-corrected chi connectivity index (χ4v) is 3.81. The van der Waals surface area contributed by atoms with Gasteiger partial charge in [-0.1, -0.05) is 42.5 Å². The summed E-state index contributed by atoms with van der Waals surface area (Å²) in [5.74, 6) is 1.31. The van der Waals surface area contributed by atoms with Gasteiger partial charge in [-0.05, 0) is 36.4 Å². The van der Waals surface area contributed by atoms with Gasteiger partial charge in [-0.15, -0.1) is 0 Å². The van der Waals surface area contributed by atoms with Crippen molar-refractivity contribution in [3.8, 4) is 0 Å². The number of para-hydroxylation sites is 3. The van der Waals surface area contributed by atoms with Gasteiger partial charge in [0.1, 0.15) is 11.6 Å². The molecule has 0 bridgehead atoms. The lowest BCUT2D eigenvalue weighted by molar-refractivity contribution is 0.594. The van der Waals surface area contributed by atoms with Crippen LogP contribution in [0.2, 0.25) is 0 Å². The number of hydrogen-bond donors (Lipinski definition) is 1. The first kappa shape index (κ1) is 18.4. The average molecular weight is 399 g/mol. The summed E-state index contributed by atoms with van der Waals surface area (Å²) in [6.07, 6.45) is 0. The van der Waals surface area contributed by atoms with Gasteiger partial charge in [0.05, 0.1) is 11.2 Å². The minimum absolute atomic E-state index is 0.178. The lowest BCUT2D eigenvalue weighted by Crippen LogP contribution is -2.47. The monoisotopic (exact) mass is 399 g/mol. The van der Waals surface area contributed by atoms with E-state index >= 15 is 0 Å². The summed E-state index contributed by atoms with van der Waals surface area (Å²) in [6.45, 7) is 2.91. The third-order valence-electron chi connectivity index (χ3n) is 5.38. The largest absolute Gasteiger partial charge is 0.366 e. The molecule has 0 aliphatic carbocycles. The topological polar surface area (TPSA) is 44.3 Å². The van der Waals surface area contributed by atoms with E-state index in [2.05, 4.69) is 15.1 Å². The molecule has 1 fully saturated rings. The van der Waals surface area contributed by atoms with Crippen LogP contribution in [0, 0.1) is 5.82 Å². The third-order valence-corrected chi connectivity index (χ3v) is 5.38. The molecule has 30 heavy (non-hydrogen) atoms. The summed E-state index contributed by atoms with van der Waals surface area (Å²) >= 11 is 0. The van der Waals surface area contributed by atoms with E-state index in [0.717, 1.165) is 48.6 Å². The summed E-state index contributed by atoms with van der Waals surface area (Å²) in [5.41, 5.74) is 2.54. The predicted molar refractivity (Wildman–Crippen MR) is 120 cm³/mol. The Labute approximate surface area is 174 Å². The number of halogens is 1. The highest BCUT2D eigenvalue weighted by Gasteiger charge is 2.22. The van der Waals surface area contributed by atoms with Gasteiger partial charge in [-0.25, -0.2) is 9.37 Å². The van der Waals surface area contributed by atoms with E-state index in [4.69, 9.17) is 9.97 Å². The molecule has 3 aromatic carbocycles. The lowest BCUT2D eigenvalue weighted by atomic mass is 10.2. The van der Waals surface area contributed by atoms with E-state index in [9.17, 15) is 4.39 Å². The number of rotatable bonds is 4. The molecule has 0 spiro atoms. The quantitative estimate of drug-likeness (QED) is 0.532. The zero-order chi connectivity index (χ0) is 20.3. The van der Waals surface area contributed by atoms with Crippen molar-refractivity contribution in [1.82, 2.24) is 9.97 Å². The second kappa shape index (κ2) is 7.99. The van der Waals surface area contributed by atoms with Gasteiger partial charge < -0.3 is 15.1 Å². The van der Waals surface area contributed by atoms with Crippen LogP contribution in [0.3, 0.4) is 0 Å². The van der Waals surface area contributed by atoms with E-state index in [1.54, 1.807) is 6.07 Å². The van der Waals surface area contributed by atoms with Crippen LogP contribution in [-0.2, 0) is 0 Å². The van der Waals surface area contributed by atoms with Crippen molar-refractivity contribution < 1.29 is 4.39 Å². The zero-order valence-corrected chi connectivity index (χ0v) is 16.5. The summed E-state index contributed by atoms with van der Waals surface area (Å²) in [5, 5.41) is 4.41. The van der Waals surface area contributed by atoms with Gasteiger partial charge in [-0.3, -0.25) is 0 Å². The Balaban J connectivity index is 1.42. The van der Waals surface area contributed by atoms with Crippen LogP contribution in [0.25, 0.3) is 10.9 Å². The van der Waals surface area contributed by atoms with Crippen molar-refractivity contribution in [3.63, 3.8) is 0 Å². The third kappa shape index (κ3) is 3.64. The summed E-state index contributed by atoms with van der Waals surface area (Å²) < 4.78 is 14.1. The van der Waals surface area contributed by atoms with E-state index < -0.39 is 0 Å². The second-order valence-corrected chi connectivity index (χ2v) is 7.31. The van der Waals surface area contributed by atoms with E-state index in [1.807, 2.05) is 66.7 Å². The molecule has 150 valence electrons. The molecule has 0 saturated carbocycles. The summed E-state index contributed by atoms with van der Waals surface area (Å²) in [6, 6.07) is 25.0. The second-order valence-electron chi connectivity index (χ2n) is 7.31. The predicted octanol–water partition coefficient (Wildman–Crippen LogP) is 4.84. The maximum absolute atomic E-state index is 14.1. The molecular weight excluding hydrogens is 377 g/mol. The minimum Gasteiger partial charge on any atom is -0.366 e. The number of piperazine rings is 1. The van der Waals surface area contributed by atoms with Crippen LogP contribution >= 0.6 is 0 Å². The van der Waals surface area contributed by atoms with Crippen LogP contribution in [0.4, 0.5) is 27.5 Å². The summed E-state index contributed by atoms with van der Waals surface area (Å²) in [4.78, 5) is 13.9. The number of hydrogen-bond acceptors (Lipinski definition) is 5. The molecule has 1 aliphatic rings. The molecular formula is C24H22FN5. The Morgan fingerprint density at radius 1 is 0.700 bits per heavy atom. The Bertz CT molecular complexity index is 1160. The van der Waals surface area contributed by atoms with E-state index in [0.29, 0.717) is 11.6 Å². The number of fused-ring (bicyclic) bond motifs is 1. The minimum atomic E-state index is -0.178. The molecule has 2 heterocycles. The van der Waals surface area contributed by atoms with Crippen LogP contribution in [0.5, 0.6) is 0 Å². The molecule has 0 amide bonds. The Morgan fingerprint density at radius 3 is 2.17 bits per heavy atom. The fraction of sp³-hybridized carbons (Fsp3) is 0.167. The van der Waals surface area contributed by atoms with Crippen molar-refractivity contribution in [2.75, 3.05) is 41.3 Å². The van der Waals surface area contributed by atoms with Crippen molar-refractivity contribution >= 4 is 34.0 Å². The fourth-order valence-electron chi connectivity index (χ4n) is 3.81. The average Bonchev–Trinajstić information content (AvgIpc) is 2.80. The van der Waals surface area contributed by atoms with Gasteiger partial charge in [0, 0.05) is 37.3 Å². The standard InChI is InChI=1S/C24H22FN5/c25-20-11-5-7-13-22(20)29-14-16-30(17-15-29)24-27-21-12-6-4-10-19(21)23(28-24)26-18-8-2-1-3-9-18/h1-13H,14-17H2,(H,26,27,28). The van der Waals surface area contributed by atoms with E-state index in [1.165, 1.54) is 6.07 Å². The van der Waals surface area contributed by atoms with Crippen molar-refractivity contribution in [1.29, 1.82) is 0 Å². The maximum atomic E-state index is 14.1. The Morgan fingerprint density at radius 2 is 1.37 bits per heavy atom. The number of benzene rings is 3. The molecule has 1 aromatic heterocycles. The number of anilines is 4. The molecule has 0 atom stereocenters. The van der Waals surface area contributed by atoms with Crippen LogP contribution < -0.4 is 15.1 Å². The number of aromatic nitrogens is 2. The molecule has 0 radical (unpaired) electrons. The molecule has 1 saturated heterocycles. The number of nitrogens with zero attached hydrogens (tertiary/aromatic N) is 4. The molecule has 1 aliphatic heterocycles. The normalized spacial score (nSPS) is 14.2. The molecule has 1 N–H and O–H groups in total. The highest BCUT2D eigenvalue weighted by atomic mass is 19.1. The van der Waals surface area contributed by atoms with Gasteiger partial charge in [-0.2, -0.15) is 4.98 Å². The molecule has 6 heteroatoms. The highest BCUT2D eigenvalue weighted by molar-refractivity contribution is 5.91. The molecule has 5 rings (SSSR count). The maximum Gasteiger partial charge on any atom is 0.228 e. The Kier molecular flexibility index (Phi) is 4.89. The molecule has 0 unspecified atom stereocenters. The number of nitrogens with one attached hydrogen (secondary N) is 1. The van der Waals surface area contributed by atoms with Crippen molar-refractivity contribution in [2.24, 2.45) is 0 Å². The van der Waals surface area contributed by atoms with Gasteiger partial charge >= 0.3 is 0 Å². The molecule has 5 nitrogen and oxygen atoms in total. The van der Waals surface area contributed by atoms with Crippen LogP contribution in [-0.4, -0.2) is 36.1 Å². The highest BCUT2D eigenvalue weighted by Crippen LogP contribution is 2.27.